The van der Waals surface area contributed by atoms with Crippen molar-refractivity contribution in [3.63, 3.8) is 0 Å². The first-order valence-corrected chi connectivity index (χ1v) is 7.98. The fraction of sp³-hybridized carbons (Fsp3) is 0.125. The molecule has 3 rings (SSSR count). The summed E-state index contributed by atoms with van der Waals surface area (Å²) in [6, 6.07) is 11.3. The minimum absolute atomic E-state index is 0.386. The van der Waals surface area contributed by atoms with Gasteiger partial charge < -0.3 is 10.1 Å². The molecule has 22 heavy (non-hydrogen) atoms. The van der Waals surface area contributed by atoms with Crippen molar-refractivity contribution >= 4 is 33.9 Å². The maximum Gasteiger partial charge on any atom is 0.188 e. The number of rotatable bonds is 5. The van der Waals surface area contributed by atoms with Crippen molar-refractivity contribution in [2.75, 3.05) is 5.32 Å². The lowest BCUT2D eigenvalue weighted by atomic mass is 10.2. The number of aryl methyl sites for hydroxylation is 1. The van der Waals surface area contributed by atoms with Crippen LogP contribution in [0.5, 0.6) is 5.75 Å². The third-order valence-electron chi connectivity index (χ3n) is 2.96. The zero-order valence-corrected chi connectivity index (χ0v) is 13.5. The smallest absolute Gasteiger partial charge is 0.188 e. The average Bonchev–Trinajstić information content (AvgIpc) is 2.93. The molecule has 2 aromatic heterocycles. The second kappa shape index (κ2) is 6.77. The number of nitrogens with zero attached hydrogens (tertiary/aromatic N) is 2. The first-order chi connectivity index (χ1) is 10.7. The van der Waals surface area contributed by atoms with Crippen LogP contribution in [0.4, 0.5) is 10.9 Å². The van der Waals surface area contributed by atoms with Gasteiger partial charge in [-0.15, -0.1) is 11.3 Å². The Balaban J connectivity index is 1.75. The van der Waals surface area contributed by atoms with Crippen molar-refractivity contribution in [2.24, 2.45) is 0 Å². The summed E-state index contributed by atoms with van der Waals surface area (Å²) in [5.74, 6) is 1.30. The molecule has 0 aliphatic heterocycles. The first-order valence-electron chi connectivity index (χ1n) is 6.73. The van der Waals surface area contributed by atoms with Crippen LogP contribution >= 0.6 is 22.9 Å². The molecule has 112 valence electrons. The van der Waals surface area contributed by atoms with E-state index >= 15 is 0 Å². The van der Waals surface area contributed by atoms with Gasteiger partial charge in [-0.05, 0) is 25.1 Å². The monoisotopic (exact) mass is 331 g/mol. The largest absolute Gasteiger partial charge is 0.485 e. The summed E-state index contributed by atoms with van der Waals surface area (Å²) in [6.45, 7) is 2.34. The van der Waals surface area contributed by atoms with Gasteiger partial charge in [0.25, 0.3) is 0 Å². The number of hydrogen-bond acceptors (Lipinski definition) is 5. The van der Waals surface area contributed by atoms with E-state index in [1.807, 2.05) is 48.7 Å². The summed E-state index contributed by atoms with van der Waals surface area (Å²) in [5, 5.41) is 6.65. The van der Waals surface area contributed by atoms with E-state index in [2.05, 4.69) is 15.3 Å². The van der Waals surface area contributed by atoms with Gasteiger partial charge in [0.15, 0.2) is 16.7 Å². The maximum absolute atomic E-state index is 6.14. The number of hydrogen-bond donors (Lipinski definition) is 1. The molecule has 3 aromatic rings. The number of anilines is 2. The van der Waals surface area contributed by atoms with E-state index in [0.29, 0.717) is 23.2 Å². The van der Waals surface area contributed by atoms with Crippen LogP contribution in [0, 0.1) is 6.92 Å². The predicted molar refractivity (Wildman–Crippen MR) is 90.2 cm³/mol. The molecule has 0 radical (unpaired) electrons. The normalized spacial score (nSPS) is 10.5. The Bertz CT molecular complexity index is 775. The minimum Gasteiger partial charge on any atom is -0.485 e. The third kappa shape index (κ3) is 3.55. The summed E-state index contributed by atoms with van der Waals surface area (Å²) in [7, 11) is 0. The van der Waals surface area contributed by atoms with Gasteiger partial charge in [-0.1, -0.05) is 29.8 Å². The fourth-order valence-corrected chi connectivity index (χ4v) is 2.76. The lowest BCUT2D eigenvalue weighted by Crippen LogP contribution is -2.01. The van der Waals surface area contributed by atoms with Crippen molar-refractivity contribution in [2.45, 2.75) is 13.5 Å². The summed E-state index contributed by atoms with van der Waals surface area (Å²) in [5.41, 5.74) is 1.91. The van der Waals surface area contributed by atoms with E-state index in [4.69, 9.17) is 16.3 Å². The number of aromatic nitrogens is 2. The van der Waals surface area contributed by atoms with Gasteiger partial charge in [0.2, 0.25) is 0 Å². The Kier molecular flexibility index (Phi) is 4.56. The van der Waals surface area contributed by atoms with Crippen LogP contribution in [-0.2, 0) is 6.61 Å². The summed E-state index contributed by atoms with van der Waals surface area (Å²) in [4.78, 5) is 8.69. The van der Waals surface area contributed by atoms with Crippen LogP contribution in [0.1, 0.15) is 11.3 Å². The van der Waals surface area contributed by atoms with Gasteiger partial charge in [0, 0.05) is 22.2 Å². The average molecular weight is 332 g/mol. The van der Waals surface area contributed by atoms with Crippen LogP contribution in [-0.4, -0.2) is 9.97 Å². The molecule has 0 aliphatic rings. The van der Waals surface area contributed by atoms with E-state index in [1.54, 1.807) is 6.20 Å². The molecule has 0 unspecified atom stereocenters. The zero-order chi connectivity index (χ0) is 15.4. The molecule has 0 atom stereocenters. The van der Waals surface area contributed by atoms with Crippen molar-refractivity contribution in [3.8, 4) is 5.75 Å². The predicted octanol–water partition coefficient (Wildman–Crippen LogP) is 4.82. The SMILES string of the molecule is Cc1csc(Nc2ncccc2OCc2ccccc2Cl)n1. The van der Waals surface area contributed by atoms with Crippen molar-refractivity contribution in [1.82, 2.24) is 9.97 Å². The van der Waals surface area contributed by atoms with E-state index in [1.165, 1.54) is 11.3 Å². The molecule has 0 saturated heterocycles. The second-order valence-electron chi connectivity index (χ2n) is 4.65. The third-order valence-corrected chi connectivity index (χ3v) is 4.20. The molecule has 1 N–H and O–H groups in total. The Morgan fingerprint density at radius 2 is 2.09 bits per heavy atom. The molecular weight excluding hydrogens is 318 g/mol. The van der Waals surface area contributed by atoms with Crippen molar-refractivity contribution in [1.29, 1.82) is 0 Å². The zero-order valence-electron chi connectivity index (χ0n) is 11.9. The van der Waals surface area contributed by atoms with Gasteiger partial charge in [0.05, 0.1) is 5.69 Å². The molecule has 0 amide bonds. The molecule has 2 heterocycles. The van der Waals surface area contributed by atoms with E-state index in [0.717, 1.165) is 16.4 Å². The van der Waals surface area contributed by atoms with E-state index in [9.17, 15) is 0 Å². The van der Waals surface area contributed by atoms with Crippen LogP contribution in [0.3, 0.4) is 0 Å². The van der Waals surface area contributed by atoms with Gasteiger partial charge in [-0.3, -0.25) is 0 Å². The Labute approximate surface area is 137 Å². The number of pyridine rings is 1. The molecule has 0 bridgehead atoms. The van der Waals surface area contributed by atoms with Crippen LogP contribution in [0.25, 0.3) is 0 Å². The second-order valence-corrected chi connectivity index (χ2v) is 5.91. The first kappa shape index (κ1) is 14.8. The standard InChI is InChI=1S/C16H14ClN3OS/c1-11-10-22-16(19-11)20-15-14(7-4-8-18-15)21-9-12-5-2-3-6-13(12)17/h2-8,10H,9H2,1H3,(H,18,19,20). The summed E-state index contributed by atoms with van der Waals surface area (Å²) < 4.78 is 5.85. The highest BCUT2D eigenvalue weighted by atomic mass is 35.5. The number of nitrogens with one attached hydrogen (secondary N) is 1. The summed E-state index contributed by atoms with van der Waals surface area (Å²) in [6.07, 6.45) is 1.71. The highest BCUT2D eigenvalue weighted by molar-refractivity contribution is 7.13. The van der Waals surface area contributed by atoms with E-state index in [-0.39, 0.29) is 0 Å². The molecule has 0 aliphatic carbocycles. The summed E-state index contributed by atoms with van der Waals surface area (Å²) >= 11 is 7.67. The lowest BCUT2D eigenvalue weighted by Gasteiger charge is -2.11. The number of benzene rings is 1. The van der Waals surface area contributed by atoms with Gasteiger partial charge in [0.1, 0.15) is 6.61 Å². The van der Waals surface area contributed by atoms with Gasteiger partial charge in [-0.2, -0.15) is 0 Å². The van der Waals surface area contributed by atoms with Crippen molar-refractivity contribution < 1.29 is 4.74 Å². The molecule has 0 spiro atoms. The number of halogens is 1. The fourth-order valence-electron chi connectivity index (χ4n) is 1.88. The number of thiazole rings is 1. The lowest BCUT2D eigenvalue weighted by molar-refractivity contribution is 0.307. The molecule has 0 fully saturated rings. The molecule has 4 nitrogen and oxygen atoms in total. The topological polar surface area (TPSA) is 47.0 Å². The van der Waals surface area contributed by atoms with E-state index < -0.39 is 0 Å². The van der Waals surface area contributed by atoms with Gasteiger partial charge in [-0.25, -0.2) is 9.97 Å². The molecule has 6 heteroatoms. The van der Waals surface area contributed by atoms with Gasteiger partial charge >= 0.3 is 0 Å². The highest BCUT2D eigenvalue weighted by Crippen LogP contribution is 2.28. The Hall–Kier alpha value is -2.11. The highest BCUT2D eigenvalue weighted by Gasteiger charge is 2.08. The Morgan fingerprint density at radius 1 is 1.23 bits per heavy atom. The quantitative estimate of drug-likeness (QED) is 0.728. The van der Waals surface area contributed by atoms with Crippen LogP contribution in [0.15, 0.2) is 48.0 Å². The molecule has 0 saturated carbocycles. The minimum atomic E-state index is 0.386. The maximum atomic E-state index is 6.14. The molecular formula is C16H14ClN3OS. The van der Waals surface area contributed by atoms with Crippen LogP contribution < -0.4 is 10.1 Å². The number of ether oxygens (including phenoxy) is 1. The molecule has 1 aromatic carbocycles. The Morgan fingerprint density at radius 3 is 2.86 bits per heavy atom. The van der Waals surface area contributed by atoms with Crippen LogP contribution in [0.2, 0.25) is 5.02 Å². The van der Waals surface area contributed by atoms with Crippen molar-refractivity contribution in [3.05, 3.63) is 64.3 Å².